The van der Waals surface area contributed by atoms with Gasteiger partial charge in [-0.25, -0.2) is 0 Å². The topological polar surface area (TPSA) is 35.9 Å². The Morgan fingerprint density at radius 2 is 1.71 bits per heavy atom. The number of β-amino-alcohol motifs (C(OH)–C–C–N with tert-alkyl or cyclic N) is 1. The van der Waals surface area contributed by atoms with Gasteiger partial charge in [0.05, 0.1) is 0 Å². The molecule has 1 unspecified atom stereocenters. The molecule has 0 aromatic heterocycles. The van der Waals surface area contributed by atoms with Crippen molar-refractivity contribution in [2.24, 2.45) is 0 Å². The SMILES string of the molecule is OC(COc1ccc(Cl)cc1CN1CCC1)CN1CCCCCC1. The summed E-state index contributed by atoms with van der Waals surface area (Å²) in [4.78, 5) is 4.75. The van der Waals surface area contributed by atoms with Crippen molar-refractivity contribution >= 4 is 11.6 Å². The summed E-state index contributed by atoms with van der Waals surface area (Å²) in [6.07, 6.45) is 5.93. The number of halogens is 1. The molecule has 0 bridgehead atoms. The number of benzene rings is 1. The Kier molecular flexibility index (Phi) is 6.78. The summed E-state index contributed by atoms with van der Waals surface area (Å²) in [6.45, 7) is 6.39. The first-order valence-electron chi connectivity index (χ1n) is 9.25. The predicted molar refractivity (Wildman–Crippen MR) is 97.8 cm³/mol. The highest BCUT2D eigenvalue weighted by molar-refractivity contribution is 6.30. The van der Waals surface area contributed by atoms with Crippen LogP contribution in [-0.4, -0.2) is 60.3 Å². The number of aliphatic hydroxyl groups excluding tert-OH is 1. The zero-order valence-electron chi connectivity index (χ0n) is 14.4. The van der Waals surface area contributed by atoms with Crippen LogP contribution in [0.5, 0.6) is 5.75 Å². The summed E-state index contributed by atoms with van der Waals surface area (Å²) >= 11 is 6.14. The minimum Gasteiger partial charge on any atom is -0.491 e. The fraction of sp³-hybridized carbons (Fsp3) is 0.684. The Bertz CT molecular complexity index is 514. The van der Waals surface area contributed by atoms with Crippen molar-refractivity contribution in [2.75, 3.05) is 39.3 Å². The maximum Gasteiger partial charge on any atom is 0.124 e. The minimum atomic E-state index is -0.448. The lowest BCUT2D eigenvalue weighted by atomic mass is 10.1. The molecule has 134 valence electrons. The van der Waals surface area contributed by atoms with Gasteiger partial charge < -0.3 is 14.7 Å². The minimum absolute atomic E-state index is 0.338. The molecule has 1 N–H and O–H groups in total. The Morgan fingerprint density at radius 1 is 1.00 bits per heavy atom. The maximum absolute atomic E-state index is 10.3. The monoisotopic (exact) mass is 352 g/mol. The number of hydrogen-bond donors (Lipinski definition) is 1. The van der Waals surface area contributed by atoms with Gasteiger partial charge in [0.15, 0.2) is 0 Å². The molecule has 0 amide bonds. The summed E-state index contributed by atoms with van der Waals surface area (Å²) in [6, 6.07) is 5.77. The second-order valence-electron chi connectivity index (χ2n) is 7.06. The van der Waals surface area contributed by atoms with Crippen LogP contribution >= 0.6 is 11.6 Å². The van der Waals surface area contributed by atoms with Crippen molar-refractivity contribution < 1.29 is 9.84 Å². The van der Waals surface area contributed by atoms with E-state index in [4.69, 9.17) is 16.3 Å². The third-order valence-corrected chi connectivity index (χ3v) is 5.20. The van der Waals surface area contributed by atoms with Gasteiger partial charge in [-0.3, -0.25) is 4.90 Å². The number of hydrogen-bond acceptors (Lipinski definition) is 4. The number of nitrogens with zero attached hydrogens (tertiary/aromatic N) is 2. The lowest BCUT2D eigenvalue weighted by molar-refractivity contribution is 0.0683. The molecule has 1 aromatic carbocycles. The van der Waals surface area contributed by atoms with Crippen LogP contribution in [0.4, 0.5) is 0 Å². The molecule has 3 rings (SSSR count). The van der Waals surface area contributed by atoms with Crippen molar-refractivity contribution in [1.29, 1.82) is 0 Å². The molecule has 2 heterocycles. The third-order valence-electron chi connectivity index (χ3n) is 4.96. The lowest BCUT2D eigenvalue weighted by Crippen LogP contribution is -2.37. The van der Waals surface area contributed by atoms with Gasteiger partial charge in [-0.05, 0) is 63.6 Å². The van der Waals surface area contributed by atoms with Crippen LogP contribution in [0.15, 0.2) is 18.2 Å². The molecule has 2 fully saturated rings. The van der Waals surface area contributed by atoms with Gasteiger partial charge in [-0.2, -0.15) is 0 Å². The van der Waals surface area contributed by atoms with E-state index in [1.807, 2.05) is 18.2 Å². The van der Waals surface area contributed by atoms with E-state index in [1.165, 1.54) is 32.1 Å². The second-order valence-corrected chi connectivity index (χ2v) is 7.50. The zero-order chi connectivity index (χ0) is 16.8. The lowest BCUT2D eigenvalue weighted by Gasteiger charge is -2.31. The second kappa shape index (κ2) is 9.04. The van der Waals surface area contributed by atoms with E-state index in [0.29, 0.717) is 13.2 Å². The fourth-order valence-electron chi connectivity index (χ4n) is 3.45. The van der Waals surface area contributed by atoms with Gasteiger partial charge in [0, 0.05) is 23.7 Å². The Labute approximate surface area is 150 Å². The quantitative estimate of drug-likeness (QED) is 0.817. The van der Waals surface area contributed by atoms with E-state index in [9.17, 15) is 5.11 Å². The van der Waals surface area contributed by atoms with Gasteiger partial charge >= 0.3 is 0 Å². The summed E-state index contributed by atoms with van der Waals surface area (Å²) in [5.74, 6) is 0.848. The Morgan fingerprint density at radius 3 is 2.38 bits per heavy atom. The van der Waals surface area contributed by atoms with Crippen LogP contribution in [0.3, 0.4) is 0 Å². The average molecular weight is 353 g/mol. The smallest absolute Gasteiger partial charge is 0.124 e. The molecule has 0 spiro atoms. The van der Waals surface area contributed by atoms with E-state index in [1.54, 1.807) is 0 Å². The van der Waals surface area contributed by atoms with Crippen LogP contribution in [0.25, 0.3) is 0 Å². The summed E-state index contributed by atoms with van der Waals surface area (Å²) in [5.41, 5.74) is 1.11. The maximum atomic E-state index is 10.3. The van der Waals surface area contributed by atoms with Crippen molar-refractivity contribution in [3.05, 3.63) is 28.8 Å². The van der Waals surface area contributed by atoms with Crippen LogP contribution < -0.4 is 4.74 Å². The molecule has 2 aliphatic heterocycles. The van der Waals surface area contributed by atoms with E-state index < -0.39 is 6.10 Å². The van der Waals surface area contributed by atoms with Gasteiger partial charge in [0.1, 0.15) is 18.5 Å². The highest BCUT2D eigenvalue weighted by Crippen LogP contribution is 2.26. The van der Waals surface area contributed by atoms with Gasteiger partial charge in [0.2, 0.25) is 0 Å². The van der Waals surface area contributed by atoms with Crippen molar-refractivity contribution in [2.45, 2.75) is 44.8 Å². The standard InChI is InChI=1S/C19H29ClN2O2/c20-17-6-7-19(16(12-17)13-21-10-5-11-21)24-15-18(23)14-22-8-3-1-2-4-9-22/h6-7,12,18,23H,1-5,8-11,13-15H2. The molecule has 1 atom stereocenters. The van der Waals surface area contributed by atoms with Crippen molar-refractivity contribution in [3.8, 4) is 5.75 Å². The van der Waals surface area contributed by atoms with Crippen molar-refractivity contribution in [3.63, 3.8) is 0 Å². The molecule has 0 aliphatic carbocycles. The van der Waals surface area contributed by atoms with Gasteiger partial charge in [-0.15, -0.1) is 0 Å². The largest absolute Gasteiger partial charge is 0.491 e. The molecule has 2 saturated heterocycles. The first-order chi connectivity index (χ1) is 11.7. The predicted octanol–water partition coefficient (Wildman–Crippen LogP) is 3.16. The molecule has 0 radical (unpaired) electrons. The van der Waals surface area contributed by atoms with Gasteiger partial charge in [-0.1, -0.05) is 24.4 Å². The van der Waals surface area contributed by atoms with Crippen LogP contribution in [0.2, 0.25) is 5.02 Å². The number of ether oxygens (including phenoxy) is 1. The molecule has 0 saturated carbocycles. The number of rotatable bonds is 7. The van der Waals surface area contributed by atoms with E-state index >= 15 is 0 Å². The average Bonchev–Trinajstić information content (AvgIpc) is 2.78. The highest BCUT2D eigenvalue weighted by Gasteiger charge is 2.18. The third kappa shape index (κ3) is 5.35. The summed E-state index contributed by atoms with van der Waals surface area (Å²) in [7, 11) is 0. The zero-order valence-corrected chi connectivity index (χ0v) is 15.2. The van der Waals surface area contributed by atoms with E-state index in [-0.39, 0.29) is 0 Å². The van der Waals surface area contributed by atoms with Crippen LogP contribution in [-0.2, 0) is 6.54 Å². The molecule has 24 heavy (non-hydrogen) atoms. The van der Waals surface area contributed by atoms with Gasteiger partial charge in [0.25, 0.3) is 0 Å². The molecule has 5 heteroatoms. The Balaban J connectivity index is 1.51. The molecule has 4 nitrogen and oxygen atoms in total. The first-order valence-corrected chi connectivity index (χ1v) is 9.62. The van der Waals surface area contributed by atoms with Crippen molar-refractivity contribution in [1.82, 2.24) is 9.80 Å². The summed E-state index contributed by atoms with van der Waals surface area (Å²) < 4.78 is 5.93. The fourth-order valence-corrected chi connectivity index (χ4v) is 3.64. The highest BCUT2D eigenvalue weighted by atomic mass is 35.5. The molecular formula is C19H29ClN2O2. The normalized spacial score (nSPS) is 21.1. The number of aliphatic hydroxyl groups is 1. The summed E-state index contributed by atoms with van der Waals surface area (Å²) in [5, 5.41) is 11.1. The molecule has 2 aliphatic rings. The first kappa shape index (κ1) is 18.0. The van der Waals surface area contributed by atoms with E-state index in [2.05, 4.69) is 9.80 Å². The van der Waals surface area contributed by atoms with Crippen LogP contribution in [0.1, 0.15) is 37.7 Å². The van der Waals surface area contributed by atoms with E-state index in [0.717, 1.165) is 49.1 Å². The van der Waals surface area contributed by atoms with Crippen LogP contribution in [0, 0.1) is 0 Å². The Hall–Kier alpha value is -0.810. The molecular weight excluding hydrogens is 324 g/mol. The molecule has 1 aromatic rings. The number of likely N-dealkylation sites (tertiary alicyclic amines) is 2.